The van der Waals surface area contributed by atoms with Gasteiger partial charge in [-0.3, -0.25) is 4.79 Å². The lowest BCUT2D eigenvalue weighted by Crippen LogP contribution is -2.17. The van der Waals surface area contributed by atoms with E-state index in [1.807, 2.05) is 6.07 Å². The van der Waals surface area contributed by atoms with Crippen LogP contribution in [-0.4, -0.2) is 22.1 Å². The molecule has 0 spiro atoms. The molecular formula is C17H10F3N3O2. The van der Waals surface area contributed by atoms with Crippen molar-refractivity contribution in [2.24, 2.45) is 0 Å². The minimum Gasteiger partial charge on any atom is -0.406 e. The van der Waals surface area contributed by atoms with Crippen LogP contribution in [0.25, 0.3) is 11.0 Å². The third-order valence-electron chi connectivity index (χ3n) is 3.44. The summed E-state index contributed by atoms with van der Waals surface area (Å²) in [5, 5.41) is 9.34. The van der Waals surface area contributed by atoms with Crippen LogP contribution in [0.15, 0.2) is 48.5 Å². The highest BCUT2D eigenvalue weighted by molar-refractivity contribution is 6.02. The molecule has 1 heterocycles. The fourth-order valence-corrected chi connectivity index (χ4v) is 2.34. The number of benzene rings is 2. The number of nitrogens with one attached hydrogen (secondary N) is 1. The number of para-hydroxylation sites is 2. The Morgan fingerprint density at radius 2 is 1.84 bits per heavy atom. The molecule has 0 radical (unpaired) electrons. The number of nitrogens with zero attached hydrogens (tertiary/aromatic N) is 2. The number of carbonyl (C=O) groups excluding carboxylic acids is 1. The zero-order chi connectivity index (χ0) is 18.0. The quantitative estimate of drug-likeness (QED) is 0.726. The van der Waals surface area contributed by atoms with E-state index in [0.29, 0.717) is 11.0 Å². The molecule has 8 heteroatoms. The zero-order valence-corrected chi connectivity index (χ0v) is 12.5. The number of Topliss-reactive ketones (excluding diaryl/α,β-unsaturated/α-hetero) is 1. The molecule has 1 aromatic heterocycles. The molecule has 0 saturated carbocycles. The van der Waals surface area contributed by atoms with E-state index in [-0.39, 0.29) is 11.4 Å². The molecule has 1 N–H and O–H groups in total. The van der Waals surface area contributed by atoms with Gasteiger partial charge in [0, 0.05) is 5.56 Å². The van der Waals surface area contributed by atoms with Gasteiger partial charge in [-0.2, -0.15) is 5.26 Å². The van der Waals surface area contributed by atoms with Crippen molar-refractivity contribution < 1.29 is 22.7 Å². The zero-order valence-electron chi connectivity index (χ0n) is 12.5. The first-order valence-corrected chi connectivity index (χ1v) is 7.11. The topological polar surface area (TPSA) is 78.8 Å². The average molecular weight is 345 g/mol. The Morgan fingerprint density at radius 3 is 2.44 bits per heavy atom. The summed E-state index contributed by atoms with van der Waals surface area (Å²) in [6, 6.07) is 13.3. The number of fused-ring (bicyclic) bond motifs is 1. The van der Waals surface area contributed by atoms with E-state index in [1.165, 1.54) is 12.1 Å². The number of H-pyrrole nitrogens is 1. The van der Waals surface area contributed by atoms with Crippen LogP contribution in [0.1, 0.15) is 22.1 Å². The molecule has 0 bridgehead atoms. The van der Waals surface area contributed by atoms with Crippen molar-refractivity contribution in [1.29, 1.82) is 5.26 Å². The second kappa shape index (κ2) is 6.28. The predicted molar refractivity (Wildman–Crippen MR) is 81.9 cm³/mol. The average Bonchev–Trinajstić information content (AvgIpc) is 2.98. The van der Waals surface area contributed by atoms with Crippen molar-refractivity contribution in [3.05, 3.63) is 59.9 Å². The highest BCUT2D eigenvalue weighted by atomic mass is 19.4. The molecular weight excluding hydrogens is 335 g/mol. The Morgan fingerprint density at radius 1 is 1.16 bits per heavy atom. The molecule has 2 aromatic carbocycles. The molecule has 3 aromatic rings. The monoisotopic (exact) mass is 345 g/mol. The first-order chi connectivity index (χ1) is 11.9. The number of ether oxygens (including phenoxy) is 1. The van der Waals surface area contributed by atoms with Gasteiger partial charge >= 0.3 is 6.36 Å². The van der Waals surface area contributed by atoms with Gasteiger partial charge in [0.2, 0.25) is 0 Å². The number of carbonyl (C=O) groups is 1. The van der Waals surface area contributed by atoms with Gasteiger partial charge < -0.3 is 9.72 Å². The van der Waals surface area contributed by atoms with E-state index in [1.54, 1.807) is 24.3 Å². The smallest absolute Gasteiger partial charge is 0.406 e. The lowest BCUT2D eigenvalue weighted by atomic mass is 9.98. The number of rotatable bonds is 4. The number of alkyl halides is 3. The van der Waals surface area contributed by atoms with E-state index in [0.717, 1.165) is 12.1 Å². The van der Waals surface area contributed by atoms with E-state index in [9.17, 15) is 23.2 Å². The molecule has 25 heavy (non-hydrogen) atoms. The van der Waals surface area contributed by atoms with Crippen LogP contribution in [0.5, 0.6) is 5.75 Å². The van der Waals surface area contributed by atoms with Crippen LogP contribution in [0, 0.1) is 11.3 Å². The van der Waals surface area contributed by atoms with Crippen LogP contribution < -0.4 is 4.74 Å². The number of hydrogen-bond donors (Lipinski definition) is 1. The fourth-order valence-electron chi connectivity index (χ4n) is 2.34. The van der Waals surface area contributed by atoms with Gasteiger partial charge in [0.05, 0.1) is 17.1 Å². The maximum Gasteiger partial charge on any atom is 0.573 e. The van der Waals surface area contributed by atoms with Crippen molar-refractivity contribution >= 4 is 16.8 Å². The predicted octanol–water partition coefficient (Wildman–Crippen LogP) is 3.95. The highest BCUT2D eigenvalue weighted by Crippen LogP contribution is 2.25. The first kappa shape index (κ1) is 16.5. The van der Waals surface area contributed by atoms with Crippen LogP contribution in [-0.2, 0) is 0 Å². The van der Waals surface area contributed by atoms with Gasteiger partial charge in [-0.15, -0.1) is 13.2 Å². The summed E-state index contributed by atoms with van der Waals surface area (Å²) < 4.78 is 40.2. The molecule has 1 atom stereocenters. The molecule has 0 fully saturated rings. The second-order valence-electron chi connectivity index (χ2n) is 5.14. The third kappa shape index (κ3) is 3.61. The number of aromatic nitrogens is 2. The van der Waals surface area contributed by atoms with Gasteiger partial charge in [0.25, 0.3) is 0 Å². The summed E-state index contributed by atoms with van der Waals surface area (Å²) in [6.45, 7) is 0. The van der Waals surface area contributed by atoms with Gasteiger partial charge in [-0.05, 0) is 36.4 Å². The number of nitriles is 1. The molecule has 0 saturated heterocycles. The summed E-state index contributed by atoms with van der Waals surface area (Å²) in [6.07, 6.45) is -4.81. The molecule has 5 nitrogen and oxygen atoms in total. The summed E-state index contributed by atoms with van der Waals surface area (Å²) in [5.41, 5.74) is 1.38. The van der Waals surface area contributed by atoms with Crippen LogP contribution in [0.4, 0.5) is 13.2 Å². The van der Waals surface area contributed by atoms with E-state index < -0.39 is 23.8 Å². The van der Waals surface area contributed by atoms with Crippen molar-refractivity contribution in [3.63, 3.8) is 0 Å². The summed E-state index contributed by atoms with van der Waals surface area (Å²) in [5.74, 6) is -2.02. The largest absolute Gasteiger partial charge is 0.573 e. The van der Waals surface area contributed by atoms with Gasteiger partial charge in [-0.1, -0.05) is 12.1 Å². The van der Waals surface area contributed by atoms with Crippen LogP contribution >= 0.6 is 0 Å². The molecule has 126 valence electrons. The molecule has 3 rings (SSSR count). The van der Waals surface area contributed by atoms with Crippen molar-refractivity contribution in [2.75, 3.05) is 0 Å². The van der Waals surface area contributed by atoms with Crippen LogP contribution in [0.3, 0.4) is 0 Å². The SMILES string of the molecule is N#CC(C(=O)c1ccc(OC(F)(F)F)cc1)c1nc2ccccc2[nH]1. The maximum absolute atomic E-state index is 12.5. The number of imidazole rings is 1. The molecule has 0 amide bonds. The molecule has 0 aliphatic carbocycles. The number of hydrogen-bond acceptors (Lipinski definition) is 4. The Kier molecular flexibility index (Phi) is 4.15. The van der Waals surface area contributed by atoms with Crippen molar-refractivity contribution in [3.8, 4) is 11.8 Å². The Balaban J connectivity index is 1.86. The van der Waals surface area contributed by atoms with Gasteiger partial charge in [-0.25, -0.2) is 4.98 Å². The van der Waals surface area contributed by atoms with E-state index in [4.69, 9.17) is 0 Å². The van der Waals surface area contributed by atoms with Crippen molar-refractivity contribution in [1.82, 2.24) is 9.97 Å². The number of ketones is 1. The normalized spacial score (nSPS) is 12.6. The van der Waals surface area contributed by atoms with Crippen molar-refractivity contribution in [2.45, 2.75) is 12.3 Å². The minimum atomic E-state index is -4.81. The summed E-state index contributed by atoms with van der Waals surface area (Å²) >= 11 is 0. The van der Waals surface area contributed by atoms with Gasteiger partial charge in [0.15, 0.2) is 11.7 Å². The molecule has 0 aliphatic heterocycles. The fraction of sp³-hybridized carbons (Fsp3) is 0.118. The Bertz CT molecular complexity index is 923. The Labute approximate surface area is 139 Å². The Hall–Kier alpha value is -3.34. The molecule has 0 aliphatic rings. The minimum absolute atomic E-state index is 0.0848. The first-order valence-electron chi connectivity index (χ1n) is 7.11. The summed E-state index contributed by atoms with van der Waals surface area (Å²) in [7, 11) is 0. The van der Waals surface area contributed by atoms with Crippen LogP contribution in [0.2, 0.25) is 0 Å². The number of aromatic amines is 1. The lowest BCUT2D eigenvalue weighted by Gasteiger charge is -2.10. The molecule has 1 unspecified atom stereocenters. The standard InChI is InChI=1S/C17H10F3N3O2/c18-17(19,20)25-11-7-5-10(6-8-11)15(24)12(9-21)16-22-13-3-1-2-4-14(13)23-16/h1-8,12H,(H,22,23). The van der Waals surface area contributed by atoms with E-state index >= 15 is 0 Å². The highest BCUT2D eigenvalue weighted by Gasteiger charge is 2.31. The number of halogens is 3. The third-order valence-corrected chi connectivity index (χ3v) is 3.44. The maximum atomic E-state index is 12.5. The van der Waals surface area contributed by atoms with E-state index in [2.05, 4.69) is 14.7 Å². The second-order valence-corrected chi connectivity index (χ2v) is 5.14. The lowest BCUT2D eigenvalue weighted by molar-refractivity contribution is -0.274. The summed E-state index contributed by atoms with van der Waals surface area (Å²) in [4.78, 5) is 19.6. The van der Waals surface area contributed by atoms with Gasteiger partial charge in [0.1, 0.15) is 11.6 Å².